The molecule has 0 saturated heterocycles. The maximum absolute atomic E-state index is 12.2. The molecule has 0 spiro atoms. The summed E-state index contributed by atoms with van der Waals surface area (Å²) in [6.45, 7) is 2.82. The van der Waals surface area contributed by atoms with Gasteiger partial charge in [0.25, 0.3) is 0 Å². The van der Waals surface area contributed by atoms with Gasteiger partial charge in [-0.1, -0.05) is 75.4 Å². The minimum Gasteiger partial charge on any atom is -0.461 e. The molecule has 0 radical (unpaired) electrons. The minimum atomic E-state index is -0.540. The fourth-order valence-electron chi connectivity index (χ4n) is 2.76. The van der Waals surface area contributed by atoms with Crippen molar-refractivity contribution >= 4 is 11.9 Å². The van der Waals surface area contributed by atoms with E-state index < -0.39 is 11.9 Å². The SMILES string of the molecule is CCCCCCCCOC(=O)c1cccc(C(=O)OCCc2ccccc2)n1. The molecule has 0 fully saturated rings. The third-order valence-corrected chi connectivity index (χ3v) is 4.37. The molecule has 1 aromatic heterocycles. The largest absolute Gasteiger partial charge is 0.461 e. The third kappa shape index (κ3) is 7.91. The van der Waals surface area contributed by atoms with Crippen LogP contribution >= 0.6 is 0 Å². The molecule has 0 aliphatic rings. The van der Waals surface area contributed by atoms with Gasteiger partial charge in [-0.15, -0.1) is 0 Å². The van der Waals surface area contributed by atoms with Gasteiger partial charge in [-0.2, -0.15) is 0 Å². The standard InChI is InChI=1S/C23H29NO4/c1-2-3-4-5-6-10-17-27-22(25)20-14-11-15-21(24-20)23(26)28-18-16-19-12-8-7-9-13-19/h7-9,11-15H,2-6,10,16-18H2,1H3. The number of hydrogen-bond donors (Lipinski definition) is 0. The van der Waals surface area contributed by atoms with E-state index in [-0.39, 0.29) is 18.0 Å². The summed E-state index contributed by atoms with van der Waals surface area (Å²) in [5, 5.41) is 0. The quantitative estimate of drug-likeness (QED) is 0.381. The number of rotatable bonds is 12. The van der Waals surface area contributed by atoms with Crippen LogP contribution in [-0.4, -0.2) is 30.1 Å². The van der Waals surface area contributed by atoms with Gasteiger partial charge in [0.15, 0.2) is 0 Å². The van der Waals surface area contributed by atoms with Crippen LogP contribution in [0.2, 0.25) is 0 Å². The van der Waals surface area contributed by atoms with Crippen LogP contribution < -0.4 is 0 Å². The zero-order chi connectivity index (χ0) is 20.0. The first-order chi connectivity index (χ1) is 13.7. The Morgan fingerprint density at radius 3 is 2.04 bits per heavy atom. The van der Waals surface area contributed by atoms with Crippen LogP contribution in [0.1, 0.15) is 72.0 Å². The van der Waals surface area contributed by atoms with Crippen LogP contribution in [0.4, 0.5) is 0 Å². The normalized spacial score (nSPS) is 10.5. The van der Waals surface area contributed by atoms with E-state index >= 15 is 0 Å². The van der Waals surface area contributed by atoms with E-state index in [2.05, 4.69) is 11.9 Å². The lowest BCUT2D eigenvalue weighted by atomic mass is 10.1. The third-order valence-electron chi connectivity index (χ3n) is 4.37. The molecule has 5 heteroatoms. The Hall–Kier alpha value is -2.69. The summed E-state index contributed by atoms with van der Waals surface area (Å²) in [6, 6.07) is 14.5. The Labute approximate surface area is 167 Å². The van der Waals surface area contributed by atoms with E-state index in [0.717, 1.165) is 24.8 Å². The summed E-state index contributed by atoms with van der Waals surface area (Å²) in [5.74, 6) is -1.05. The highest BCUT2D eigenvalue weighted by Crippen LogP contribution is 2.08. The second kappa shape index (κ2) is 12.7. The average Bonchev–Trinajstić information content (AvgIpc) is 2.73. The first-order valence-electron chi connectivity index (χ1n) is 10.1. The first-order valence-corrected chi connectivity index (χ1v) is 10.1. The Kier molecular flexibility index (Phi) is 9.76. The van der Waals surface area contributed by atoms with E-state index in [0.29, 0.717) is 13.0 Å². The lowest BCUT2D eigenvalue weighted by molar-refractivity contribution is 0.0486. The maximum atomic E-state index is 12.2. The van der Waals surface area contributed by atoms with E-state index in [1.165, 1.54) is 25.3 Å². The van der Waals surface area contributed by atoms with Gasteiger partial charge in [0, 0.05) is 6.42 Å². The number of pyridine rings is 1. The second-order valence-electron chi connectivity index (χ2n) is 6.68. The molecule has 150 valence electrons. The van der Waals surface area contributed by atoms with Crippen molar-refractivity contribution in [1.29, 1.82) is 0 Å². The van der Waals surface area contributed by atoms with Crippen molar-refractivity contribution in [2.45, 2.75) is 51.9 Å². The van der Waals surface area contributed by atoms with Crippen LogP contribution in [0.15, 0.2) is 48.5 Å². The highest BCUT2D eigenvalue weighted by molar-refractivity contribution is 5.91. The Bertz CT molecular complexity index is 730. The summed E-state index contributed by atoms with van der Waals surface area (Å²) in [5.41, 5.74) is 1.33. The number of aromatic nitrogens is 1. The zero-order valence-corrected chi connectivity index (χ0v) is 16.6. The molecule has 28 heavy (non-hydrogen) atoms. The summed E-state index contributed by atoms with van der Waals surface area (Å²) >= 11 is 0. The molecule has 0 bridgehead atoms. The summed E-state index contributed by atoms with van der Waals surface area (Å²) < 4.78 is 10.5. The van der Waals surface area contributed by atoms with Crippen LogP contribution in [0.3, 0.4) is 0 Å². The molecule has 0 aliphatic heterocycles. The summed E-state index contributed by atoms with van der Waals surface area (Å²) in [6.07, 6.45) is 7.37. The number of nitrogens with zero attached hydrogens (tertiary/aromatic N) is 1. The molecular weight excluding hydrogens is 354 g/mol. The molecule has 2 rings (SSSR count). The van der Waals surface area contributed by atoms with E-state index in [1.807, 2.05) is 30.3 Å². The molecule has 0 saturated carbocycles. The Morgan fingerprint density at radius 1 is 0.750 bits per heavy atom. The number of unbranched alkanes of at least 4 members (excludes halogenated alkanes) is 5. The van der Waals surface area contributed by atoms with Gasteiger partial charge in [-0.3, -0.25) is 0 Å². The van der Waals surface area contributed by atoms with Gasteiger partial charge in [-0.25, -0.2) is 14.6 Å². The second-order valence-corrected chi connectivity index (χ2v) is 6.68. The van der Waals surface area contributed by atoms with Gasteiger partial charge < -0.3 is 9.47 Å². The van der Waals surface area contributed by atoms with Gasteiger partial charge in [0.2, 0.25) is 0 Å². The highest BCUT2D eigenvalue weighted by atomic mass is 16.5. The number of carbonyl (C=O) groups excluding carboxylic acids is 2. The van der Waals surface area contributed by atoms with Crippen molar-refractivity contribution in [3.63, 3.8) is 0 Å². The molecule has 0 N–H and O–H groups in total. The van der Waals surface area contributed by atoms with Crippen molar-refractivity contribution in [1.82, 2.24) is 4.98 Å². The van der Waals surface area contributed by atoms with Crippen molar-refractivity contribution in [2.75, 3.05) is 13.2 Å². The van der Waals surface area contributed by atoms with E-state index in [4.69, 9.17) is 9.47 Å². The average molecular weight is 383 g/mol. The van der Waals surface area contributed by atoms with Crippen LogP contribution in [-0.2, 0) is 15.9 Å². The summed E-state index contributed by atoms with van der Waals surface area (Å²) in [4.78, 5) is 28.4. The predicted octanol–water partition coefficient (Wildman–Crippen LogP) is 5.00. The minimum absolute atomic E-state index is 0.113. The molecule has 2 aromatic rings. The van der Waals surface area contributed by atoms with E-state index in [1.54, 1.807) is 12.1 Å². The molecular formula is C23H29NO4. The molecule has 1 aromatic carbocycles. The van der Waals surface area contributed by atoms with Gasteiger partial charge in [-0.05, 0) is 24.1 Å². The fourth-order valence-corrected chi connectivity index (χ4v) is 2.76. The number of carbonyl (C=O) groups is 2. The zero-order valence-electron chi connectivity index (χ0n) is 16.6. The molecule has 0 unspecified atom stereocenters. The molecule has 1 heterocycles. The number of benzene rings is 1. The predicted molar refractivity (Wildman–Crippen MR) is 108 cm³/mol. The molecule has 0 aliphatic carbocycles. The van der Waals surface area contributed by atoms with Gasteiger partial charge >= 0.3 is 11.9 Å². The van der Waals surface area contributed by atoms with Crippen molar-refractivity contribution in [3.05, 3.63) is 65.5 Å². The number of ether oxygens (including phenoxy) is 2. The highest BCUT2D eigenvalue weighted by Gasteiger charge is 2.14. The van der Waals surface area contributed by atoms with Crippen molar-refractivity contribution < 1.29 is 19.1 Å². The van der Waals surface area contributed by atoms with Crippen LogP contribution in [0, 0.1) is 0 Å². The maximum Gasteiger partial charge on any atom is 0.356 e. The lowest BCUT2D eigenvalue weighted by Gasteiger charge is -2.07. The monoisotopic (exact) mass is 383 g/mol. The van der Waals surface area contributed by atoms with E-state index in [9.17, 15) is 9.59 Å². The fraction of sp³-hybridized carbons (Fsp3) is 0.435. The van der Waals surface area contributed by atoms with Gasteiger partial charge in [0.1, 0.15) is 11.4 Å². The Morgan fingerprint density at radius 2 is 1.36 bits per heavy atom. The smallest absolute Gasteiger partial charge is 0.356 e. The van der Waals surface area contributed by atoms with Crippen LogP contribution in [0.25, 0.3) is 0 Å². The number of esters is 2. The van der Waals surface area contributed by atoms with Crippen LogP contribution in [0.5, 0.6) is 0 Å². The summed E-state index contributed by atoms with van der Waals surface area (Å²) in [7, 11) is 0. The molecule has 0 atom stereocenters. The molecule has 5 nitrogen and oxygen atoms in total. The topological polar surface area (TPSA) is 65.5 Å². The van der Waals surface area contributed by atoms with Crippen molar-refractivity contribution in [2.24, 2.45) is 0 Å². The van der Waals surface area contributed by atoms with Gasteiger partial charge in [0.05, 0.1) is 13.2 Å². The lowest BCUT2D eigenvalue weighted by Crippen LogP contribution is -2.14. The number of hydrogen-bond acceptors (Lipinski definition) is 5. The molecule has 0 amide bonds. The van der Waals surface area contributed by atoms with Crippen molar-refractivity contribution in [3.8, 4) is 0 Å². The first kappa shape index (κ1) is 21.6. The Balaban J connectivity index is 1.74.